The van der Waals surface area contributed by atoms with E-state index in [1.807, 2.05) is 13.8 Å². The molecule has 0 bridgehead atoms. The van der Waals surface area contributed by atoms with Crippen LogP contribution in [0, 0.1) is 17.6 Å². The van der Waals surface area contributed by atoms with Gasteiger partial charge in [-0.2, -0.15) is 0 Å². The Kier molecular flexibility index (Phi) is 6.58. The van der Waals surface area contributed by atoms with Crippen LogP contribution in [0.1, 0.15) is 32.3 Å². The number of aliphatic hydroxyl groups is 1. The van der Waals surface area contributed by atoms with Gasteiger partial charge < -0.3 is 10.4 Å². The van der Waals surface area contributed by atoms with E-state index < -0.39 is 17.7 Å². The van der Waals surface area contributed by atoms with Crippen LogP contribution in [-0.2, 0) is 11.2 Å². The molecular formula is C15H21F2NO2. The lowest BCUT2D eigenvalue weighted by Crippen LogP contribution is -2.35. The summed E-state index contributed by atoms with van der Waals surface area (Å²) in [6, 6.07) is 3.60. The van der Waals surface area contributed by atoms with Gasteiger partial charge in [-0.15, -0.1) is 0 Å². The van der Waals surface area contributed by atoms with Crippen LogP contribution in [0.3, 0.4) is 0 Å². The SMILES string of the molecule is CCC(C)C(O)CNC(=O)CCc1ccc(F)c(F)c1. The van der Waals surface area contributed by atoms with Gasteiger partial charge in [0.2, 0.25) is 5.91 Å². The van der Waals surface area contributed by atoms with Crippen molar-refractivity contribution in [2.45, 2.75) is 39.2 Å². The number of carbonyl (C=O) groups is 1. The zero-order chi connectivity index (χ0) is 15.1. The molecule has 0 saturated heterocycles. The van der Waals surface area contributed by atoms with Gasteiger partial charge in [-0.25, -0.2) is 8.78 Å². The Morgan fingerprint density at radius 1 is 1.35 bits per heavy atom. The van der Waals surface area contributed by atoms with Gasteiger partial charge in [0.05, 0.1) is 6.10 Å². The lowest BCUT2D eigenvalue weighted by atomic mass is 10.0. The van der Waals surface area contributed by atoms with Crippen LogP contribution in [0.25, 0.3) is 0 Å². The zero-order valence-corrected chi connectivity index (χ0v) is 11.8. The minimum absolute atomic E-state index is 0.126. The van der Waals surface area contributed by atoms with Crippen molar-refractivity contribution >= 4 is 5.91 Å². The van der Waals surface area contributed by atoms with Crippen LogP contribution in [0.4, 0.5) is 8.78 Å². The number of amides is 1. The van der Waals surface area contributed by atoms with Crippen LogP contribution in [0.5, 0.6) is 0 Å². The molecule has 1 amide bonds. The molecule has 1 aromatic carbocycles. The number of carbonyl (C=O) groups excluding carboxylic acids is 1. The first-order valence-corrected chi connectivity index (χ1v) is 6.82. The van der Waals surface area contributed by atoms with Crippen molar-refractivity contribution in [3.05, 3.63) is 35.4 Å². The summed E-state index contributed by atoms with van der Waals surface area (Å²) in [6.45, 7) is 4.10. The second kappa shape index (κ2) is 7.94. The molecule has 5 heteroatoms. The van der Waals surface area contributed by atoms with Crippen molar-refractivity contribution in [1.82, 2.24) is 5.32 Å². The minimum Gasteiger partial charge on any atom is -0.391 e. The van der Waals surface area contributed by atoms with Crippen LogP contribution in [-0.4, -0.2) is 23.7 Å². The average Bonchev–Trinajstić information content (AvgIpc) is 2.45. The van der Waals surface area contributed by atoms with E-state index >= 15 is 0 Å². The fraction of sp³-hybridized carbons (Fsp3) is 0.533. The Morgan fingerprint density at radius 2 is 2.05 bits per heavy atom. The lowest BCUT2D eigenvalue weighted by Gasteiger charge is -2.17. The number of hydrogen-bond acceptors (Lipinski definition) is 2. The highest BCUT2D eigenvalue weighted by atomic mass is 19.2. The number of nitrogens with one attached hydrogen (secondary N) is 1. The van der Waals surface area contributed by atoms with Crippen molar-refractivity contribution in [2.24, 2.45) is 5.92 Å². The molecule has 0 fully saturated rings. The summed E-state index contributed by atoms with van der Waals surface area (Å²) in [5.41, 5.74) is 0.571. The van der Waals surface area contributed by atoms with Gasteiger partial charge in [-0.3, -0.25) is 4.79 Å². The van der Waals surface area contributed by atoms with Gasteiger partial charge >= 0.3 is 0 Å². The number of aliphatic hydroxyl groups excluding tert-OH is 1. The van der Waals surface area contributed by atoms with Gasteiger partial charge in [0, 0.05) is 13.0 Å². The molecule has 0 aliphatic carbocycles. The average molecular weight is 285 g/mol. The standard InChI is InChI=1S/C15H21F2NO2/c1-3-10(2)14(19)9-18-15(20)7-5-11-4-6-12(16)13(17)8-11/h4,6,8,10,14,19H,3,5,7,9H2,1-2H3,(H,18,20). The monoisotopic (exact) mass is 285 g/mol. The normalized spacial score (nSPS) is 13.8. The molecule has 2 N–H and O–H groups in total. The fourth-order valence-electron chi connectivity index (χ4n) is 1.73. The Balaban J connectivity index is 2.34. The van der Waals surface area contributed by atoms with Crippen molar-refractivity contribution in [2.75, 3.05) is 6.54 Å². The molecule has 0 aliphatic heterocycles. The van der Waals surface area contributed by atoms with Crippen LogP contribution in [0.2, 0.25) is 0 Å². The first-order chi connectivity index (χ1) is 9.43. The molecule has 0 saturated carbocycles. The van der Waals surface area contributed by atoms with E-state index in [0.29, 0.717) is 12.0 Å². The minimum atomic E-state index is -0.907. The van der Waals surface area contributed by atoms with Gasteiger partial charge in [-0.1, -0.05) is 26.3 Å². The summed E-state index contributed by atoms with van der Waals surface area (Å²) in [5.74, 6) is -1.89. The predicted octanol–water partition coefficient (Wildman–Crippen LogP) is 2.42. The predicted molar refractivity (Wildman–Crippen MR) is 73.2 cm³/mol. The Morgan fingerprint density at radius 3 is 2.65 bits per heavy atom. The molecule has 0 radical (unpaired) electrons. The third-order valence-electron chi connectivity index (χ3n) is 3.43. The number of aryl methyl sites for hydroxylation is 1. The Labute approximate surface area is 118 Å². The van der Waals surface area contributed by atoms with E-state index in [2.05, 4.69) is 5.32 Å². The molecule has 0 heterocycles. The molecule has 0 aromatic heterocycles. The van der Waals surface area contributed by atoms with Crippen LogP contribution in [0.15, 0.2) is 18.2 Å². The van der Waals surface area contributed by atoms with E-state index in [4.69, 9.17) is 0 Å². The van der Waals surface area contributed by atoms with Gasteiger partial charge in [0.1, 0.15) is 0 Å². The van der Waals surface area contributed by atoms with Crippen LogP contribution < -0.4 is 5.32 Å². The maximum atomic E-state index is 13.0. The van der Waals surface area contributed by atoms with Crippen molar-refractivity contribution in [3.63, 3.8) is 0 Å². The summed E-state index contributed by atoms with van der Waals surface area (Å²) >= 11 is 0. The summed E-state index contributed by atoms with van der Waals surface area (Å²) in [7, 11) is 0. The third-order valence-corrected chi connectivity index (χ3v) is 3.43. The molecule has 3 nitrogen and oxygen atoms in total. The van der Waals surface area contributed by atoms with E-state index in [-0.39, 0.29) is 24.8 Å². The Bertz CT molecular complexity index is 451. The van der Waals surface area contributed by atoms with E-state index in [0.717, 1.165) is 18.6 Å². The van der Waals surface area contributed by atoms with Gasteiger partial charge in [-0.05, 0) is 30.0 Å². The summed E-state index contributed by atoms with van der Waals surface area (Å²) < 4.78 is 25.7. The molecule has 0 aliphatic rings. The smallest absolute Gasteiger partial charge is 0.220 e. The largest absolute Gasteiger partial charge is 0.391 e. The van der Waals surface area contributed by atoms with Gasteiger partial charge in [0.15, 0.2) is 11.6 Å². The first kappa shape index (κ1) is 16.6. The van der Waals surface area contributed by atoms with E-state index in [9.17, 15) is 18.7 Å². The Hall–Kier alpha value is -1.49. The molecular weight excluding hydrogens is 264 g/mol. The number of hydrogen-bond donors (Lipinski definition) is 2. The zero-order valence-electron chi connectivity index (χ0n) is 11.8. The lowest BCUT2D eigenvalue weighted by molar-refractivity contribution is -0.121. The van der Waals surface area contributed by atoms with Gasteiger partial charge in [0.25, 0.3) is 0 Å². The highest BCUT2D eigenvalue weighted by Crippen LogP contribution is 2.10. The summed E-state index contributed by atoms with van der Waals surface area (Å²) in [5, 5.41) is 12.3. The topological polar surface area (TPSA) is 49.3 Å². The quantitative estimate of drug-likeness (QED) is 0.808. The first-order valence-electron chi connectivity index (χ1n) is 6.82. The second-order valence-electron chi connectivity index (χ2n) is 5.01. The van der Waals surface area contributed by atoms with Crippen molar-refractivity contribution < 1.29 is 18.7 Å². The number of benzene rings is 1. The van der Waals surface area contributed by atoms with E-state index in [1.165, 1.54) is 6.07 Å². The second-order valence-corrected chi connectivity index (χ2v) is 5.01. The maximum absolute atomic E-state index is 13.0. The highest BCUT2D eigenvalue weighted by molar-refractivity contribution is 5.76. The molecule has 2 unspecified atom stereocenters. The number of rotatable bonds is 7. The van der Waals surface area contributed by atoms with E-state index in [1.54, 1.807) is 0 Å². The molecule has 20 heavy (non-hydrogen) atoms. The molecule has 1 rings (SSSR count). The summed E-state index contributed by atoms with van der Waals surface area (Å²) in [6.07, 6.45) is 0.791. The molecule has 0 spiro atoms. The third kappa shape index (κ3) is 5.25. The molecule has 1 aromatic rings. The highest BCUT2D eigenvalue weighted by Gasteiger charge is 2.13. The maximum Gasteiger partial charge on any atom is 0.220 e. The summed E-state index contributed by atoms with van der Waals surface area (Å²) in [4.78, 5) is 11.6. The molecule has 2 atom stereocenters. The van der Waals surface area contributed by atoms with Crippen molar-refractivity contribution in [3.8, 4) is 0 Å². The molecule has 112 valence electrons. The van der Waals surface area contributed by atoms with Crippen LogP contribution >= 0.6 is 0 Å². The fourth-order valence-corrected chi connectivity index (χ4v) is 1.73. The number of halogens is 2. The van der Waals surface area contributed by atoms with Crippen molar-refractivity contribution in [1.29, 1.82) is 0 Å².